The van der Waals surface area contributed by atoms with Crippen LogP contribution in [0.4, 0.5) is 0 Å². The number of carbonyl (C=O) groups excluding carboxylic acids is 1. The molecule has 2 rings (SSSR count). The third-order valence-electron chi connectivity index (χ3n) is 4.20. The third kappa shape index (κ3) is 2.97. The Hall–Kier alpha value is -0.570. The second-order valence-electron chi connectivity index (χ2n) is 5.42. The molecule has 1 aliphatic carbocycles. The SMILES string of the molecule is CC1CCCCC1CNC(=O)C1CCCN1. The van der Waals surface area contributed by atoms with Crippen molar-refractivity contribution < 1.29 is 4.79 Å². The number of amides is 1. The lowest BCUT2D eigenvalue weighted by Crippen LogP contribution is -2.43. The molecule has 1 saturated heterocycles. The summed E-state index contributed by atoms with van der Waals surface area (Å²) in [5, 5.41) is 6.37. The summed E-state index contributed by atoms with van der Waals surface area (Å²) in [6.45, 7) is 4.21. The van der Waals surface area contributed by atoms with E-state index in [0.717, 1.165) is 31.8 Å². The Morgan fingerprint density at radius 2 is 2.06 bits per heavy atom. The molecular weight excluding hydrogens is 200 g/mol. The zero-order valence-electron chi connectivity index (χ0n) is 10.3. The average Bonchev–Trinajstić information content (AvgIpc) is 2.81. The molecular formula is C13H24N2O. The largest absolute Gasteiger partial charge is 0.354 e. The van der Waals surface area contributed by atoms with Gasteiger partial charge in [0.1, 0.15) is 0 Å². The summed E-state index contributed by atoms with van der Waals surface area (Å²) < 4.78 is 0. The fourth-order valence-electron chi connectivity index (χ4n) is 2.96. The van der Waals surface area contributed by atoms with E-state index in [0.29, 0.717) is 5.92 Å². The average molecular weight is 224 g/mol. The van der Waals surface area contributed by atoms with Crippen molar-refractivity contribution in [1.82, 2.24) is 10.6 Å². The van der Waals surface area contributed by atoms with Gasteiger partial charge in [-0.2, -0.15) is 0 Å². The summed E-state index contributed by atoms with van der Waals surface area (Å²) in [5.74, 6) is 1.71. The summed E-state index contributed by atoms with van der Waals surface area (Å²) in [6, 6.07) is 0.0823. The Labute approximate surface area is 98.4 Å². The molecule has 1 amide bonds. The van der Waals surface area contributed by atoms with Crippen molar-refractivity contribution in [1.29, 1.82) is 0 Å². The van der Waals surface area contributed by atoms with Gasteiger partial charge in [-0.05, 0) is 37.6 Å². The molecule has 16 heavy (non-hydrogen) atoms. The molecule has 92 valence electrons. The highest BCUT2D eigenvalue weighted by Crippen LogP contribution is 2.28. The maximum Gasteiger partial charge on any atom is 0.237 e. The summed E-state index contributed by atoms with van der Waals surface area (Å²) in [6.07, 6.45) is 7.48. The van der Waals surface area contributed by atoms with Crippen molar-refractivity contribution in [3.8, 4) is 0 Å². The minimum Gasteiger partial charge on any atom is -0.354 e. The van der Waals surface area contributed by atoms with E-state index in [4.69, 9.17) is 0 Å². The van der Waals surface area contributed by atoms with E-state index < -0.39 is 0 Å². The molecule has 1 saturated carbocycles. The minimum absolute atomic E-state index is 0.0823. The first-order chi connectivity index (χ1) is 7.77. The monoisotopic (exact) mass is 224 g/mol. The Morgan fingerprint density at radius 3 is 2.75 bits per heavy atom. The normalized spacial score (nSPS) is 34.9. The molecule has 1 aliphatic heterocycles. The van der Waals surface area contributed by atoms with Crippen LogP contribution >= 0.6 is 0 Å². The van der Waals surface area contributed by atoms with Crippen molar-refractivity contribution in [3.05, 3.63) is 0 Å². The first kappa shape index (κ1) is 11.9. The molecule has 0 aromatic carbocycles. The van der Waals surface area contributed by atoms with Gasteiger partial charge in [0.05, 0.1) is 6.04 Å². The van der Waals surface area contributed by atoms with Crippen LogP contribution in [0.25, 0.3) is 0 Å². The number of carbonyl (C=O) groups is 1. The quantitative estimate of drug-likeness (QED) is 0.766. The molecule has 2 aliphatic rings. The summed E-state index contributed by atoms with van der Waals surface area (Å²) in [4.78, 5) is 11.8. The van der Waals surface area contributed by atoms with Crippen LogP contribution in [0, 0.1) is 11.8 Å². The third-order valence-corrected chi connectivity index (χ3v) is 4.20. The fraction of sp³-hybridized carbons (Fsp3) is 0.923. The van der Waals surface area contributed by atoms with Crippen LogP contribution in [-0.2, 0) is 4.79 Å². The van der Waals surface area contributed by atoms with Gasteiger partial charge in [-0.3, -0.25) is 4.79 Å². The number of rotatable bonds is 3. The topological polar surface area (TPSA) is 41.1 Å². The van der Waals surface area contributed by atoms with Crippen LogP contribution in [0.2, 0.25) is 0 Å². The van der Waals surface area contributed by atoms with Gasteiger partial charge in [0.2, 0.25) is 5.91 Å². The van der Waals surface area contributed by atoms with E-state index in [1.807, 2.05) is 0 Å². The van der Waals surface area contributed by atoms with Gasteiger partial charge >= 0.3 is 0 Å². The van der Waals surface area contributed by atoms with Crippen molar-refractivity contribution in [3.63, 3.8) is 0 Å². The molecule has 0 aromatic heterocycles. The van der Waals surface area contributed by atoms with E-state index in [1.165, 1.54) is 25.7 Å². The van der Waals surface area contributed by atoms with Crippen molar-refractivity contribution >= 4 is 5.91 Å². The van der Waals surface area contributed by atoms with Gasteiger partial charge in [0, 0.05) is 6.54 Å². The molecule has 3 unspecified atom stereocenters. The van der Waals surface area contributed by atoms with Crippen LogP contribution in [-0.4, -0.2) is 25.0 Å². The zero-order chi connectivity index (χ0) is 11.4. The van der Waals surface area contributed by atoms with Gasteiger partial charge in [0.15, 0.2) is 0 Å². The molecule has 0 spiro atoms. The summed E-state index contributed by atoms with van der Waals surface area (Å²) in [5.41, 5.74) is 0. The van der Waals surface area contributed by atoms with Gasteiger partial charge < -0.3 is 10.6 Å². The fourth-order valence-corrected chi connectivity index (χ4v) is 2.96. The summed E-state index contributed by atoms with van der Waals surface area (Å²) in [7, 11) is 0. The Kier molecular flexibility index (Phi) is 4.22. The van der Waals surface area contributed by atoms with Gasteiger partial charge in [0.25, 0.3) is 0 Å². The number of hydrogen-bond acceptors (Lipinski definition) is 2. The van der Waals surface area contributed by atoms with Crippen LogP contribution in [0.3, 0.4) is 0 Å². The van der Waals surface area contributed by atoms with E-state index in [2.05, 4.69) is 17.6 Å². The van der Waals surface area contributed by atoms with Gasteiger partial charge in [-0.1, -0.05) is 26.2 Å². The number of hydrogen-bond donors (Lipinski definition) is 2. The first-order valence-corrected chi connectivity index (χ1v) is 6.78. The smallest absolute Gasteiger partial charge is 0.237 e. The molecule has 0 bridgehead atoms. The highest BCUT2D eigenvalue weighted by atomic mass is 16.2. The highest BCUT2D eigenvalue weighted by Gasteiger charge is 2.25. The van der Waals surface area contributed by atoms with Crippen LogP contribution in [0.1, 0.15) is 45.4 Å². The molecule has 1 heterocycles. The van der Waals surface area contributed by atoms with Gasteiger partial charge in [-0.15, -0.1) is 0 Å². The van der Waals surface area contributed by atoms with Crippen molar-refractivity contribution in [2.24, 2.45) is 11.8 Å². The zero-order valence-corrected chi connectivity index (χ0v) is 10.3. The van der Waals surface area contributed by atoms with E-state index in [1.54, 1.807) is 0 Å². The molecule has 0 aromatic rings. The standard InChI is InChI=1S/C13H24N2O/c1-10-5-2-3-6-11(10)9-15-13(16)12-7-4-8-14-12/h10-12,14H,2-9H2,1H3,(H,15,16). The molecule has 3 atom stereocenters. The second-order valence-corrected chi connectivity index (χ2v) is 5.42. The Balaban J connectivity index is 1.71. The molecule has 2 fully saturated rings. The van der Waals surface area contributed by atoms with Crippen molar-refractivity contribution in [2.75, 3.05) is 13.1 Å². The molecule has 2 N–H and O–H groups in total. The van der Waals surface area contributed by atoms with E-state index >= 15 is 0 Å². The first-order valence-electron chi connectivity index (χ1n) is 6.78. The van der Waals surface area contributed by atoms with Crippen LogP contribution < -0.4 is 10.6 Å². The van der Waals surface area contributed by atoms with Crippen LogP contribution in [0.15, 0.2) is 0 Å². The van der Waals surface area contributed by atoms with Crippen molar-refractivity contribution in [2.45, 2.75) is 51.5 Å². The predicted molar refractivity (Wildman–Crippen MR) is 65.2 cm³/mol. The van der Waals surface area contributed by atoms with Crippen LogP contribution in [0.5, 0.6) is 0 Å². The lowest BCUT2D eigenvalue weighted by Gasteiger charge is -2.29. The lowest BCUT2D eigenvalue weighted by atomic mass is 9.80. The molecule has 0 radical (unpaired) electrons. The van der Waals surface area contributed by atoms with E-state index in [9.17, 15) is 4.79 Å². The molecule has 3 heteroatoms. The highest BCUT2D eigenvalue weighted by molar-refractivity contribution is 5.81. The van der Waals surface area contributed by atoms with Gasteiger partial charge in [-0.25, -0.2) is 0 Å². The Morgan fingerprint density at radius 1 is 1.25 bits per heavy atom. The summed E-state index contributed by atoms with van der Waals surface area (Å²) >= 11 is 0. The predicted octanol–water partition coefficient (Wildman–Crippen LogP) is 1.68. The lowest BCUT2D eigenvalue weighted by molar-refractivity contribution is -0.123. The van der Waals surface area contributed by atoms with E-state index in [-0.39, 0.29) is 11.9 Å². The molecule has 3 nitrogen and oxygen atoms in total. The minimum atomic E-state index is 0.0823. The maximum absolute atomic E-state index is 11.8. The second kappa shape index (κ2) is 5.67. The number of nitrogens with one attached hydrogen (secondary N) is 2. The maximum atomic E-state index is 11.8. The Bertz CT molecular complexity index is 236.